The topological polar surface area (TPSA) is 63.2 Å². The summed E-state index contributed by atoms with van der Waals surface area (Å²) in [5, 5.41) is 5.90. The predicted octanol–water partition coefficient (Wildman–Crippen LogP) is 2.85. The van der Waals surface area contributed by atoms with Crippen LogP contribution in [0.3, 0.4) is 0 Å². The molecule has 1 aromatic carbocycles. The third-order valence-electron chi connectivity index (χ3n) is 3.14. The summed E-state index contributed by atoms with van der Waals surface area (Å²) in [7, 11) is 1.67. The molecule has 2 N–H and O–H groups in total. The van der Waals surface area contributed by atoms with Gasteiger partial charge in [-0.3, -0.25) is 4.79 Å². The first-order valence-electron chi connectivity index (χ1n) is 7.40. The number of hydrogen-bond acceptors (Lipinski definition) is 4. The molecule has 6 heteroatoms. The lowest BCUT2D eigenvalue weighted by molar-refractivity contribution is -0.115. The van der Waals surface area contributed by atoms with E-state index < -0.39 is 0 Å². The average molecular weight is 317 g/mol. The Hall–Kier alpha value is -2.47. The molecular weight excluding hydrogens is 297 g/mol. The van der Waals surface area contributed by atoms with Gasteiger partial charge >= 0.3 is 0 Å². The molecular formula is C17H20FN3O2. The molecule has 0 aliphatic rings. The Kier molecular flexibility index (Phi) is 6.50. The van der Waals surface area contributed by atoms with E-state index in [2.05, 4.69) is 15.6 Å². The van der Waals surface area contributed by atoms with Gasteiger partial charge in [0.05, 0.1) is 18.3 Å². The van der Waals surface area contributed by atoms with Crippen molar-refractivity contribution in [2.45, 2.75) is 12.8 Å². The molecule has 0 fully saturated rings. The van der Waals surface area contributed by atoms with Gasteiger partial charge in [-0.25, -0.2) is 9.37 Å². The Morgan fingerprint density at radius 1 is 1.30 bits per heavy atom. The van der Waals surface area contributed by atoms with Crippen molar-refractivity contribution in [2.24, 2.45) is 0 Å². The van der Waals surface area contributed by atoms with Crippen LogP contribution in [0, 0.1) is 5.82 Å². The van der Waals surface area contributed by atoms with Crippen molar-refractivity contribution in [3.05, 3.63) is 54.0 Å². The Bertz CT molecular complexity index is 632. The summed E-state index contributed by atoms with van der Waals surface area (Å²) in [6.07, 6.45) is 2.67. The summed E-state index contributed by atoms with van der Waals surface area (Å²) in [5.74, 6) is -0.116. The zero-order valence-electron chi connectivity index (χ0n) is 13.0. The van der Waals surface area contributed by atoms with Gasteiger partial charge in [0.2, 0.25) is 5.91 Å². The highest BCUT2D eigenvalue weighted by molar-refractivity contribution is 5.91. The zero-order chi connectivity index (χ0) is 16.5. The number of ether oxygens (including phenoxy) is 1. The van der Waals surface area contributed by atoms with Crippen LogP contribution in [0.2, 0.25) is 0 Å². The highest BCUT2D eigenvalue weighted by Gasteiger charge is 2.06. The molecule has 0 spiro atoms. The monoisotopic (exact) mass is 317 g/mol. The highest BCUT2D eigenvalue weighted by atomic mass is 19.1. The van der Waals surface area contributed by atoms with E-state index in [0.717, 1.165) is 18.7 Å². The van der Waals surface area contributed by atoms with Crippen molar-refractivity contribution in [2.75, 3.05) is 30.9 Å². The van der Waals surface area contributed by atoms with Gasteiger partial charge in [0.1, 0.15) is 11.6 Å². The number of methoxy groups -OCH3 is 1. The summed E-state index contributed by atoms with van der Waals surface area (Å²) < 4.78 is 18.1. The number of carbonyl (C=O) groups is 1. The van der Waals surface area contributed by atoms with Crippen molar-refractivity contribution in [3.8, 4) is 0 Å². The van der Waals surface area contributed by atoms with Gasteiger partial charge in [0.15, 0.2) is 0 Å². The number of anilines is 2. The smallest absolute Gasteiger partial charge is 0.229 e. The van der Waals surface area contributed by atoms with E-state index in [1.54, 1.807) is 31.5 Å². The first kappa shape index (κ1) is 16.9. The van der Waals surface area contributed by atoms with Crippen molar-refractivity contribution in [3.63, 3.8) is 0 Å². The zero-order valence-corrected chi connectivity index (χ0v) is 13.0. The van der Waals surface area contributed by atoms with E-state index in [1.807, 2.05) is 6.07 Å². The number of hydrogen-bond donors (Lipinski definition) is 2. The predicted molar refractivity (Wildman–Crippen MR) is 88.0 cm³/mol. The van der Waals surface area contributed by atoms with Gasteiger partial charge < -0.3 is 15.4 Å². The molecule has 1 amide bonds. The summed E-state index contributed by atoms with van der Waals surface area (Å²) in [6, 6.07) is 9.56. The van der Waals surface area contributed by atoms with Gasteiger partial charge in [-0.2, -0.15) is 0 Å². The van der Waals surface area contributed by atoms with Crippen molar-refractivity contribution in [1.82, 2.24) is 4.98 Å². The lowest BCUT2D eigenvalue weighted by Crippen LogP contribution is -2.15. The average Bonchev–Trinajstić information content (AvgIpc) is 2.53. The Labute approximate surface area is 134 Å². The molecule has 1 heterocycles. The fraction of sp³-hybridized carbons (Fsp3) is 0.294. The molecule has 0 unspecified atom stereocenters. The highest BCUT2D eigenvalue weighted by Crippen LogP contribution is 2.11. The summed E-state index contributed by atoms with van der Waals surface area (Å²) in [5.41, 5.74) is 1.50. The largest absolute Gasteiger partial charge is 0.385 e. The second kappa shape index (κ2) is 8.85. The van der Waals surface area contributed by atoms with Crippen LogP contribution in [0.5, 0.6) is 0 Å². The fourth-order valence-corrected chi connectivity index (χ4v) is 2.04. The van der Waals surface area contributed by atoms with Crippen LogP contribution < -0.4 is 10.6 Å². The van der Waals surface area contributed by atoms with Crippen molar-refractivity contribution >= 4 is 17.4 Å². The molecule has 0 bridgehead atoms. The SMILES string of the molecule is COCCCNc1ccc(NC(=O)Cc2cccc(F)c2)nc1. The van der Waals surface area contributed by atoms with Crippen LogP contribution in [-0.2, 0) is 16.0 Å². The van der Waals surface area contributed by atoms with E-state index in [4.69, 9.17) is 4.74 Å². The standard InChI is InChI=1S/C17H20FN3O2/c1-23-9-3-8-19-15-6-7-16(20-12-15)21-17(22)11-13-4-2-5-14(18)10-13/h2,4-7,10,12,19H,3,8-9,11H2,1H3,(H,20,21,22). The van der Waals surface area contributed by atoms with Crippen LogP contribution >= 0.6 is 0 Å². The third-order valence-corrected chi connectivity index (χ3v) is 3.14. The van der Waals surface area contributed by atoms with Crippen molar-refractivity contribution < 1.29 is 13.9 Å². The molecule has 2 rings (SSSR count). The quantitative estimate of drug-likeness (QED) is 0.735. The van der Waals surface area contributed by atoms with Crippen LogP contribution in [0.1, 0.15) is 12.0 Å². The van der Waals surface area contributed by atoms with E-state index in [9.17, 15) is 9.18 Å². The molecule has 0 saturated carbocycles. The minimum atomic E-state index is -0.350. The Morgan fingerprint density at radius 2 is 2.17 bits per heavy atom. The summed E-state index contributed by atoms with van der Waals surface area (Å²) >= 11 is 0. The van der Waals surface area contributed by atoms with Gasteiger partial charge in [-0.05, 0) is 36.2 Å². The Balaban J connectivity index is 1.81. The maximum absolute atomic E-state index is 13.1. The maximum Gasteiger partial charge on any atom is 0.229 e. The molecule has 1 aromatic heterocycles. The minimum Gasteiger partial charge on any atom is -0.385 e. The molecule has 0 atom stereocenters. The van der Waals surface area contributed by atoms with E-state index in [0.29, 0.717) is 18.0 Å². The molecule has 0 radical (unpaired) electrons. The summed E-state index contributed by atoms with van der Waals surface area (Å²) in [6.45, 7) is 1.50. The number of pyridine rings is 1. The molecule has 122 valence electrons. The van der Waals surface area contributed by atoms with Gasteiger partial charge in [0.25, 0.3) is 0 Å². The molecule has 2 aromatic rings. The number of amides is 1. The van der Waals surface area contributed by atoms with Crippen molar-refractivity contribution in [1.29, 1.82) is 0 Å². The second-order valence-corrected chi connectivity index (χ2v) is 5.06. The van der Waals surface area contributed by atoms with Crippen LogP contribution in [0.25, 0.3) is 0 Å². The number of benzene rings is 1. The molecule has 0 saturated heterocycles. The fourth-order valence-electron chi connectivity index (χ4n) is 2.04. The summed E-state index contributed by atoms with van der Waals surface area (Å²) in [4.78, 5) is 16.1. The number of carbonyl (C=O) groups excluding carboxylic acids is 1. The number of nitrogens with one attached hydrogen (secondary N) is 2. The first-order valence-corrected chi connectivity index (χ1v) is 7.40. The van der Waals surface area contributed by atoms with E-state index in [1.165, 1.54) is 12.1 Å². The third kappa shape index (κ3) is 6.04. The van der Waals surface area contributed by atoms with Gasteiger partial charge in [-0.1, -0.05) is 12.1 Å². The molecule has 5 nitrogen and oxygen atoms in total. The maximum atomic E-state index is 13.1. The second-order valence-electron chi connectivity index (χ2n) is 5.06. The van der Waals surface area contributed by atoms with Gasteiger partial charge in [0, 0.05) is 20.3 Å². The van der Waals surface area contributed by atoms with E-state index >= 15 is 0 Å². The molecule has 0 aliphatic heterocycles. The minimum absolute atomic E-state index is 0.108. The molecule has 23 heavy (non-hydrogen) atoms. The van der Waals surface area contributed by atoms with Crippen LogP contribution in [0.15, 0.2) is 42.6 Å². The number of aromatic nitrogens is 1. The Morgan fingerprint density at radius 3 is 2.87 bits per heavy atom. The molecule has 0 aliphatic carbocycles. The normalized spacial score (nSPS) is 10.3. The van der Waals surface area contributed by atoms with Crippen LogP contribution in [0.4, 0.5) is 15.9 Å². The van der Waals surface area contributed by atoms with Gasteiger partial charge in [-0.15, -0.1) is 0 Å². The lowest BCUT2D eigenvalue weighted by atomic mass is 10.1. The lowest BCUT2D eigenvalue weighted by Gasteiger charge is -2.08. The number of nitrogens with zero attached hydrogens (tertiary/aromatic N) is 1. The number of halogens is 1. The first-order chi connectivity index (χ1) is 11.2. The van der Waals surface area contributed by atoms with E-state index in [-0.39, 0.29) is 18.1 Å². The number of rotatable bonds is 8. The van der Waals surface area contributed by atoms with Crippen LogP contribution in [-0.4, -0.2) is 31.2 Å².